The SMILES string of the molecule is C[C@@]1(C(=O)OCc2ccccc2)C(C(=O)OCc2ccccc2)[C@@](F)(CO)O[C@H]1n1ccc(=O)[nH]c1=O. The Kier molecular flexibility index (Phi) is 7.37. The predicted molar refractivity (Wildman–Crippen MR) is 126 cm³/mol. The van der Waals surface area contributed by atoms with Crippen molar-refractivity contribution in [3.63, 3.8) is 0 Å². The van der Waals surface area contributed by atoms with E-state index in [0.29, 0.717) is 11.1 Å². The summed E-state index contributed by atoms with van der Waals surface area (Å²) in [6.07, 6.45) is -0.768. The van der Waals surface area contributed by atoms with Crippen LogP contribution in [0.25, 0.3) is 0 Å². The van der Waals surface area contributed by atoms with Gasteiger partial charge in [0.2, 0.25) is 5.85 Å². The van der Waals surface area contributed by atoms with Gasteiger partial charge >= 0.3 is 17.6 Å². The van der Waals surface area contributed by atoms with Crippen LogP contribution in [-0.4, -0.2) is 39.1 Å². The fourth-order valence-electron chi connectivity index (χ4n) is 4.38. The third-order valence-electron chi connectivity index (χ3n) is 6.28. The number of rotatable bonds is 8. The van der Waals surface area contributed by atoms with Crippen LogP contribution < -0.4 is 11.2 Å². The lowest BCUT2D eigenvalue weighted by Gasteiger charge is -2.32. The molecule has 194 valence electrons. The van der Waals surface area contributed by atoms with Crippen LogP contribution in [0.2, 0.25) is 0 Å². The smallest absolute Gasteiger partial charge is 0.330 e. The summed E-state index contributed by atoms with van der Waals surface area (Å²) in [5.41, 5.74) is -2.72. The highest BCUT2D eigenvalue weighted by molar-refractivity contribution is 5.87. The second-order valence-corrected chi connectivity index (χ2v) is 8.80. The number of aromatic amines is 1. The topological polar surface area (TPSA) is 137 Å². The molecule has 1 aromatic heterocycles. The van der Waals surface area contributed by atoms with Gasteiger partial charge in [0, 0.05) is 12.3 Å². The highest BCUT2D eigenvalue weighted by atomic mass is 19.2. The number of hydrogen-bond acceptors (Lipinski definition) is 8. The molecule has 0 amide bonds. The Balaban J connectivity index is 1.74. The molecule has 1 saturated heterocycles. The summed E-state index contributed by atoms with van der Waals surface area (Å²) in [4.78, 5) is 53.0. The second kappa shape index (κ2) is 10.5. The van der Waals surface area contributed by atoms with Crippen LogP contribution in [0.3, 0.4) is 0 Å². The van der Waals surface area contributed by atoms with Crippen molar-refractivity contribution in [1.82, 2.24) is 9.55 Å². The van der Waals surface area contributed by atoms with Gasteiger partial charge in [-0.15, -0.1) is 0 Å². The normalized spacial score (nSPS) is 24.9. The number of nitrogens with one attached hydrogen (secondary N) is 1. The summed E-state index contributed by atoms with van der Waals surface area (Å²) < 4.78 is 33.0. The summed E-state index contributed by atoms with van der Waals surface area (Å²) in [5, 5.41) is 9.92. The minimum atomic E-state index is -3.12. The Bertz CT molecular complexity index is 1380. The maximum absolute atomic E-state index is 16.1. The monoisotopic (exact) mass is 512 g/mol. The highest BCUT2D eigenvalue weighted by Crippen LogP contribution is 2.56. The van der Waals surface area contributed by atoms with Crippen LogP contribution >= 0.6 is 0 Å². The maximum Gasteiger partial charge on any atom is 0.330 e. The Morgan fingerprint density at radius 3 is 2.11 bits per heavy atom. The molecule has 11 heteroatoms. The molecule has 37 heavy (non-hydrogen) atoms. The van der Waals surface area contributed by atoms with E-state index in [2.05, 4.69) is 0 Å². The minimum absolute atomic E-state index is 0.216. The van der Waals surface area contributed by atoms with Crippen LogP contribution in [0.5, 0.6) is 0 Å². The lowest BCUT2D eigenvalue weighted by molar-refractivity contribution is -0.203. The molecule has 0 radical (unpaired) electrons. The molecule has 4 rings (SSSR count). The van der Waals surface area contributed by atoms with Crippen molar-refractivity contribution in [1.29, 1.82) is 0 Å². The number of halogens is 1. The molecule has 1 aliphatic heterocycles. The lowest BCUT2D eigenvalue weighted by atomic mass is 9.74. The van der Waals surface area contributed by atoms with E-state index in [4.69, 9.17) is 14.2 Å². The van der Waals surface area contributed by atoms with Gasteiger partial charge in [0.25, 0.3) is 5.56 Å². The number of H-pyrrole nitrogens is 1. The molecule has 0 saturated carbocycles. The van der Waals surface area contributed by atoms with E-state index in [1.165, 1.54) is 6.92 Å². The third kappa shape index (κ3) is 5.09. The number of aliphatic hydroxyl groups is 1. The predicted octanol–water partition coefficient (Wildman–Crippen LogP) is 1.83. The van der Waals surface area contributed by atoms with E-state index in [-0.39, 0.29) is 13.2 Å². The van der Waals surface area contributed by atoms with Gasteiger partial charge in [0.1, 0.15) is 31.2 Å². The van der Waals surface area contributed by atoms with E-state index in [0.717, 1.165) is 16.8 Å². The number of aromatic nitrogens is 2. The van der Waals surface area contributed by atoms with Crippen LogP contribution in [0.15, 0.2) is 82.5 Å². The standard InChI is InChI=1S/C26H25FN2O8/c1-25(23(33)36-15-18-10-6-3-7-11-18)20(21(32)35-14-17-8-4-2-5-9-17)26(27,16-30)37-22(25)29-13-12-19(31)28-24(29)34/h2-13,20,22,30H,14-16H2,1H3,(H,28,31,34)/t20?,22-,25-,26-/m1/s1. The number of alkyl halides is 1. The van der Waals surface area contributed by atoms with Crippen molar-refractivity contribution in [3.05, 3.63) is 105 Å². The molecule has 0 bridgehead atoms. The van der Waals surface area contributed by atoms with Crippen LogP contribution in [0, 0.1) is 11.3 Å². The van der Waals surface area contributed by atoms with Gasteiger partial charge in [-0.25, -0.2) is 9.18 Å². The number of nitrogens with zero attached hydrogens (tertiary/aromatic N) is 1. The Labute approximate surface area is 210 Å². The van der Waals surface area contributed by atoms with E-state index >= 15 is 4.39 Å². The van der Waals surface area contributed by atoms with Gasteiger partial charge in [-0.3, -0.25) is 23.9 Å². The van der Waals surface area contributed by atoms with E-state index in [1.807, 2.05) is 4.98 Å². The summed E-state index contributed by atoms with van der Waals surface area (Å²) in [7, 11) is 0. The molecule has 0 spiro atoms. The molecule has 2 N–H and O–H groups in total. The summed E-state index contributed by atoms with van der Waals surface area (Å²) in [6.45, 7) is -0.592. The summed E-state index contributed by atoms with van der Waals surface area (Å²) in [5.74, 6) is -7.40. The summed E-state index contributed by atoms with van der Waals surface area (Å²) >= 11 is 0. The number of benzene rings is 2. The number of carbonyl (C=O) groups is 2. The van der Waals surface area contributed by atoms with Gasteiger partial charge in [-0.05, 0) is 18.1 Å². The largest absolute Gasteiger partial charge is 0.460 e. The van der Waals surface area contributed by atoms with Gasteiger partial charge in [-0.1, -0.05) is 60.7 Å². The molecule has 1 fully saturated rings. The van der Waals surface area contributed by atoms with Crippen molar-refractivity contribution < 1.29 is 33.3 Å². The Morgan fingerprint density at radius 2 is 1.57 bits per heavy atom. The van der Waals surface area contributed by atoms with Crippen molar-refractivity contribution in [3.8, 4) is 0 Å². The maximum atomic E-state index is 16.1. The average molecular weight is 512 g/mol. The first-order valence-corrected chi connectivity index (χ1v) is 11.4. The van der Waals surface area contributed by atoms with E-state index in [9.17, 15) is 24.3 Å². The highest BCUT2D eigenvalue weighted by Gasteiger charge is 2.71. The molecule has 2 heterocycles. The fourth-order valence-corrected chi connectivity index (χ4v) is 4.38. The molecule has 3 aromatic rings. The van der Waals surface area contributed by atoms with Gasteiger partial charge in [-0.2, -0.15) is 0 Å². The molecule has 2 aromatic carbocycles. The minimum Gasteiger partial charge on any atom is -0.460 e. The van der Waals surface area contributed by atoms with Crippen molar-refractivity contribution in [2.45, 2.75) is 32.2 Å². The van der Waals surface area contributed by atoms with Crippen molar-refractivity contribution in [2.24, 2.45) is 11.3 Å². The van der Waals surface area contributed by atoms with E-state index < -0.39 is 53.2 Å². The summed E-state index contributed by atoms with van der Waals surface area (Å²) in [6, 6.07) is 18.2. The number of carbonyl (C=O) groups excluding carboxylic acids is 2. The average Bonchev–Trinajstić information content (AvgIpc) is 3.15. The Hall–Kier alpha value is -4.09. The van der Waals surface area contributed by atoms with Gasteiger partial charge in [0.05, 0.1) is 0 Å². The van der Waals surface area contributed by atoms with Crippen LogP contribution in [-0.2, 0) is 37.0 Å². The molecule has 0 aliphatic carbocycles. The van der Waals surface area contributed by atoms with Crippen molar-refractivity contribution in [2.75, 3.05) is 6.61 Å². The van der Waals surface area contributed by atoms with Crippen LogP contribution in [0.1, 0.15) is 24.3 Å². The number of esters is 2. The van der Waals surface area contributed by atoms with Gasteiger partial charge in [0.15, 0.2) is 6.23 Å². The molecular weight excluding hydrogens is 487 g/mol. The lowest BCUT2D eigenvalue weighted by Crippen LogP contribution is -2.50. The zero-order valence-corrected chi connectivity index (χ0v) is 19.8. The molecule has 1 unspecified atom stereocenters. The Morgan fingerprint density at radius 1 is 1.00 bits per heavy atom. The van der Waals surface area contributed by atoms with Crippen molar-refractivity contribution >= 4 is 11.9 Å². The van der Waals surface area contributed by atoms with Crippen LogP contribution in [0.4, 0.5) is 4.39 Å². The molecule has 1 aliphatic rings. The first-order valence-electron chi connectivity index (χ1n) is 11.4. The first kappa shape index (κ1) is 26.0. The zero-order chi connectivity index (χ0) is 26.6. The molecule has 4 atom stereocenters. The zero-order valence-electron chi connectivity index (χ0n) is 19.8. The number of aliphatic hydroxyl groups excluding tert-OH is 1. The number of hydrogen-bond donors (Lipinski definition) is 2. The molecular formula is C26H25FN2O8. The van der Waals surface area contributed by atoms with E-state index in [1.54, 1.807) is 60.7 Å². The number of ether oxygens (including phenoxy) is 3. The quantitative estimate of drug-likeness (QED) is 0.436. The first-order chi connectivity index (χ1) is 17.7. The molecule has 10 nitrogen and oxygen atoms in total. The third-order valence-corrected chi connectivity index (χ3v) is 6.28. The van der Waals surface area contributed by atoms with Gasteiger partial charge < -0.3 is 19.3 Å². The second-order valence-electron chi connectivity index (χ2n) is 8.80. The fraction of sp³-hybridized carbons (Fsp3) is 0.308.